The SMILES string of the molecule is CCCNC(COCCOC)c1c(C)cc(C)cc1F. The highest BCUT2D eigenvalue weighted by molar-refractivity contribution is 5.34. The van der Waals surface area contributed by atoms with Gasteiger partial charge in [-0.25, -0.2) is 4.39 Å². The van der Waals surface area contributed by atoms with Gasteiger partial charge in [0.05, 0.1) is 25.9 Å². The lowest BCUT2D eigenvalue weighted by Crippen LogP contribution is -2.28. The number of hydrogen-bond donors (Lipinski definition) is 1. The van der Waals surface area contributed by atoms with E-state index in [1.54, 1.807) is 13.2 Å². The summed E-state index contributed by atoms with van der Waals surface area (Å²) >= 11 is 0. The van der Waals surface area contributed by atoms with Crippen molar-refractivity contribution in [1.82, 2.24) is 5.32 Å². The van der Waals surface area contributed by atoms with Gasteiger partial charge in [0.25, 0.3) is 0 Å². The monoisotopic (exact) mass is 283 g/mol. The quantitative estimate of drug-likeness (QED) is 0.706. The van der Waals surface area contributed by atoms with Crippen molar-refractivity contribution >= 4 is 0 Å². The Morgan fingerprint density at radius 2 is 2.00 bits per heavy atom. The Kier molecular flexibility index (Phi) is 7.73. The number of nitrogens with one attached hydrogen (secondary N) is 1. The molecule has 0 heterocycles. The minimum Gasteiger partial charge on any atom is -0.382 e. The lowest BCUT2D eigenvalue weighted by Gasteiger charge is -2.22. The fourth-order valence-electron chi connectivity index (χ4n) is 2.27. The number of ether oxygens (including phenoxy) is 2. The Balaban J connectivity index is 2.81. The number of methoxy groups -OCH3 is 1. The standard InChI is InChI=1S/C16H26FNO2/c1-5-6-18-15(11-20-8-7-19-4)16-13(3)9-12(2)10-14(16)17/h9-10,15,18H,5-8,11H2,1-4H3. The molecule has 3 nitrogen and oxygen atoms in total. The third kappa shape index (κ3) is 5.19. The Labute approximate surface area is 121 Å². The van der Waals surface area contributed by atoms with E-state index in [1.807, 2.05) is 19.9 Å². The Morgan fingerprint density at radius 3 is 2.60 bits per heavy atom. The molecule has 1 aromatic rings. The van der Waals surface area contributed by atoms with E-state index < -0.39 is 0 Å². The van der Waals surface area contributed by atoms with Crippen molar-refractivity contribution in [1.29, 1.82) is 0 Å². The molecule has 0 aliphatic rings. The van der Waals surface area contributed by atoms with Crippen LogP contribution in [0.4, 0.5) is 4.39 Å². The Bertz CT molecular complexity index is 386. The first-order valence-electron chi connectivity index (χ1n) is 7.16. The van der Waals surface area contributed by atoms with E-state index in [2.05, 4.69) is 12.2 Å². The van der Waals surface area contributed by atoms with Crippen LogP contribution in [0.1, 0.15) is 36.1 Å². The number of halogens is 1. The van der Waals surface area contributed by atoms with Crippen LogP contribution in [0.2, 0.25) is 0 Å². The predicted molar refractivity (Wildman–Crippen MR) is 79.6 cm³/mol. The first kappa shape index (κ1) is 17.1. The van der Waals surface area contributed by atoms with Crippen LogP contribution in [-0.2, 0) is 9.47 Å². The van der Waals surface area contributed by atoms with E-state index >= 15 is 0 Å². The normalized spacial score (nSPS) is 12.7. The molecule has 0 aromatic heterocycles. The largest absolute Gasteiger partial charge is 0.382 e. The fraction of sp³-hybridized carbons (Fsp3) is 0.625. The van der Waals surface area contributed by atoms with Gasteiger partial charge in [0.1, 0.15) is 5.82 Å². The maximum atomic E-state index is 14.2. The van der Waals surface area contributed by atoms with Crippen molar-refractivity contribution < 1.29 is 13.9 Å². The summed E-state index contributed by atoms with van der Waals surface area (Å²) in [5.41, 5.74) is 2.62. The van der Waals surface area contributed by atoms with Crippen LogP contribution in [0.3, 0.4) is 0 Å². The highest BCUT2D eigenvalue weighted by Gasteiger charge is 2.18. The van der Waals surface area contributed by atoms with Crippen LogP contribution in [0.5, 0.6) is 0 Å². The van der Waals surface area contributed by atoms with Crippen molar-refractivity contribution in [2.45, 2.75) is 33.2 Å². The maximum absolute atomic E-state index is 14.2. The van der Waals surface area contributed by atoms with Crippen molar-refractivity contribution in [3.8, 4) is 0 Å². The number of benzene rings is 1. The lowest BCUT2D eigenvalue weighted by molar-refractivity contribution is 0.0580. The summed E-state index contributed by atoms with van der Waals surface area (Å²) in [5, 5.41) is 3.36. The van der Waals surface area contributed by atoms with Gasteiger partial charge in [-0.1, -0.05) is 13.0 Å². The molecule has 0 saturated heterocycles. The molecule has 4 heteroatoms. The van der Waals surface area contributed by atoms with Gasteiger partial charge in [0.15, 0.2) is 0 Å². The average molecular weight is 283 g/mol. The third-order valence-electron chi connectivity index (χ3n) is 3.19. The lowest BCUT2D eigenvalue weighted by atomic mass is 9.98. The molecule has 0 aliphatic carbocycles. The van der Waals surface area contributed by atoms with Crippen LogP contribution >= 0.6 is 0 Å². The van der Waals surface area contributed by atoms with Crippen LogP contribution < -0.4 is 5.32 Å². The molecule has 1 N–H and O–H groups in total. The second-order valence-electron chi connectivity index (χ2n) is 5.05. The first-order valence-corrected chi connectivity index (χ1v) is 7.16. The highest BCUT2D eigenvalue weighted by atomic mass is 19.1. The summed E-state index contributed by atoms with van der Waals surface area (Å²) in [6.45, 7) is 8.30. The summed E-state index contributed by atoms with van der Waals surface area (Å²) in [7, 11) is 1.64. The van der Waals surface area contributed by atoms with E-state index in [1.165, 1.54) is 0 Å². The summed E-state index contributed by atoms with van der Waals surface area (Å²) in [6.07, 6.45) is 1.00. The second-order valence-corrected chi connectivity index (χ2v) is 5.05. The third-order valence-corrected chi connectivity index (χ3v) is 3.19. The van der Waals surface area contributed by atoms with E-state index in [-0.39, 0.29) is 11.9 Å². The first-order chi connectivity index (χ1) is 9.60. The van der Waals surface area contributed by atoms with E-state index in [4.69, 9.17) is 9.47 Å². The predicted octanol–water partition coefficient (Wildman–Crippen LogP) is 3.15. The molecule has 0 aliphatic heterocycles. The van der Waals surface area contributed by atoms with Crippen LogP contribution in [0, 0.1) is 19.7 Å². The zero-order valence-electron chi connectivity index (χ0n) is 13.0. The molecule has 0 radical (unpaired) electrons. The molecular weight excluding hydrogens is 257 g/mol. The van der Waals surface area contributed by atoms with Gasteiger partial charge in [-0.3, -0.25) is 0 Å². The van der Waals surface area contributed by atoms with Gasteiger partial charge in [0.2, 0.25) is 0 Å². The zero-order chi connectivity index (χ0) is 15.0. The Hall–Kier alpha value is -0.970. The molecular formula is C16H26FNO2. The minimum atomic E-state index is -0.161. The van der Waals surface area contributed by atoms with Crippen molar-refractivity contribution in [3.63, 3.8) is 0 Å². The smallest absolute Gasteiger partial charge is 0.128 e. The number of aryl methyl sites for hydroxylation is 2. The molecule has 114 valence electrons. The van der Waals surface area contributed by atoms with E-state index in [0.717, 1.165) is 24.1 Å². The van der Waals surface area contributed by atoms with E-state index in [9.17, 15) is 4.39 Å². The number of hydrogen-bond acceptors (Lipinski definition) is 3. The second kappa shape index (κ2) is 9.06. The molecule has 1 aromatic carbocycles. The van der Waals surface area contributed by atoms with Crippen LogP contribution in [0.15, 0.2) is 12.1 Å². The van der Waals surface area contributed by atoms with Gasteiger partial charge < -0.3 is 14.8 Å². The molecule has 1 atom stereocenters. The molecule has 0 saturated carbocycles. The average Bonchev–Trinajstić information content (AvgIpc) is 2.38. The molecule has 1 unspecified atom stereocenters. The van der Waals surface area contributed by atoms with E-state index in [0.29, 0.717) is 25.4 Å². The Morgan fingerprint density at radius 1 is 1.25 bits per heavy atom. The fourth-order valence-corrected chi connectivity index (χ4v) is 2.27. The zero-order valence-corrected chi connectivity index (χ0v) is 13.0. The van der Waals surface area contributed by atoms with Crippen molar-refractivity contribution in [2.75, 3.05) is 33.5 Å². The summed E-state index contributed by atoms with van der Waals surface area (Å²) in [6, 6.07) is 3.47. The summed E-state index contributed by atoms with van der Waals surface area (Å²) in [4.78, 5) is 0. The minimum absolute atomic E-state index is 0.118. The van der Waals surface area contributed by atoms with Crippen LogP contribution in [0.25, 0.3) is 0 Å². The molecule has 1 rings (SSSR count). The molecule has 0 bridgehead atoms. The molecule has 0 amide bonds. The van der Waals surface area contributed by atoms with Crippen molar-refractivity contribution in [2.24, 2.45) is 0 Å². The van der Waals surface area contributed by atoms with Crippen molar-refractivity contribution in [3.05, 3.63) is 34.6 Å². The summed E-state index contributed by atoms with van der Waals surface area (Å²) < 4.78 is 24.8. The van der Waals surface area contributed by atoms with Crippen LogP contribution in [-0.4, -0.2) is 33.5 Å². The van der Waals surface area contributed by atoms with Gasteiger partial charge in [0, 0.05) is 12.7 Å². The molecule has 0 fully saturated rings. The number of rotatable bonds is 9. The maximum Gasteiger partial charge on any atom is 0.128 e. The van der Waals surface area contributed by atoms with Gasteiger partial charge in [-0.05, 0) is 44.0 Å². The highest BCUT2D eigenvalue weighted by Crippen LogP contribution is 2.23. The molecule has 0 spiro atoms. The molecule has 20 heavy (non-hydrogen) atoms. The van der Waals surface area contributed by atoms with Gasteiger partial charge in [-0.15, -0.1) is 0 Å². The van der Waals surface area contributed by atoms with Gasteiger partial charge in [-0.2, -0.15) is 0 Å². The van der Waals surface area contributed by atoms with Gasteiger partial charge >= 0.3 is 0 Å². The topological polar surface area (TPSA) is 30.5 Å². The summed E-state index contributed by atoms with van der Waals surface area (Å²) in [5.74, 6) is -0.161.